The first-order chi connectivity index (χ1) is 13.7. The second-order valence-corrected chi connectivity index (χ2v) is 9.87. The van der Waals surface area contributed by atoms with Gasteiger partial charge < -0.3 is 8.92 Å². The lowest BCUT2D eigenvalue weighted by atomic mass is 10.1. The Balaban J connectivity index is 0.000000477. The summed E-state index contributed by atoms with van der Waals surface area (Å²) in [5.74, 6) is 1.51. The van der Waals surface area contributed by atoms with Gasteiger partial charge in [0.05, 0.1) is 12.2 Å². The summed E-state index contributed by atoms with van der Waals surface area (Å²) in [7, 11) is 1.82. The van der Waals surface area contributed by atoms with E-state index < -0.39 is 0 Å². The number of thiol groups is 1. The Morgan fingerprint density at radius 1 is 0.793 bits per heavy atom. The third-order valence-corrected chi connectivity index (χ3v) is 5.98. The third kappa shape index (κ3) is 12.0. The SMILES string of the molecule is CC(C)CN1CCC[C@@H]1C(C)OS.CCC.CO[C@@H](C)[C@H]1CCCN1CC(C)C. The third-order valence-electron chi connectivity index (χ3n) is 5.65. The van der Waals surface area contributed by atoms with Crippen LogP contribution >= 0.6 is 12.9 Å². The Bertz CT molecular complexity index is 348. The molecule has 4 nitrogen and oxygen atoms in total. The summed E-state index contributed by atoms with van der Waals surface area (Å²) in [6.07, 6.45) is 7.10. The molecule has 1 unspecified atom stereocenters. The van der Waals surface area contributed by atoms with Crippen LogP contribution in [-0.2, 0) is 8.92 Å². The quantitative estimate of drug-likeness (QED) is 0.380. The topological polar surface area (TPSA) is 24.9 Å². The fourth-order valence-electron chi connectivity index (χ4n) is 4.39. The van der Waals surface area contributed by atoms with Crippen molar-refractivity contribution in [2.75, 3.05) is 33.3 Å². The molecule has 0 radical (unpaired) electrons. The second-order valence-electron chi connectivity index (χ2n) is 9.66. The van der Waals surface area contributed by atoms with E-state index in [1.165, 1.54) is 58.3 Å². The molecule has 176 valence electrons. The van der Waals surface area contributed by atoms with E-state index in [1.54, 1.807) is 0 Å². The van der Waals surface area contributed by atoms with Gasteiger partial charge in [0.1, 0.15) is 0 Å². The van der Waals surface area contributed by atoms with Crippen LogP contribution in [0.3, 0.4) is 0 Å². The van der Waals surface area contributed by atoms with Crippen molar-refractivity contribution in [3.8, 4) is 0 Å². The number of nitrogens with zero attached hydrogens (tertiary/aromatic N) is 2. The molecule has 0 aliphatic carbocycles. The predicted molar refractivity (Wildman–Crippen MR) is 131 cm³/mol. The molecule has 2 rings (SSSR count). The lowest BCUT2D eigenvalue weighted by Crippen LogP contribution is -2.40. The molecule has 0 N–H and O–H groups in total. The lowest BCUT2D eigenvalue weighted by Gasteiger charge is -2.29. The van der Waals surface area contributed by atoms with Crippen LogP contribution in [0.2, 0.25) is 0 Å². The minimum atomic E-state index is 0.254. The molecule has 0 saturated carbocycles. The fourth-order valence-corrected chi connectivity index (χ4v) is 4.53. The van der Waals surface area contributed by atoms with Crippen molar-refractivity contribution in [1.82, 2.24) is 9.80 Å². The molecule has 5 heteroatoms. The first-order valence-electron chi connectivity index (χ1n) is 12.0. The number of hydrogen-bond donors (Lipinski definition) is 1. The first kappa shape index (κ1) is 29.2. The van der Waals surface area contributed by atoms with E-state index in [4.69, 9.17) is 8.92 Å². The number of ether oxygens (including phenoxy) is 1. The van der Waals surface area contributed by atoms with Gasteiger partial charge in [-0.05, 0) is 77.4 Å². The standard InChI is InChI=1S/C11H23NO.C10H21NOS.C3H8/c1-9(2)8-12-7-5-6-11(12)10(3)13-4;1-8(2)7-11-6-4-5-10(11)9(3)12-13;1-3-2/h9-11H,5-8H2,1-4H3;8-10,13H,4-7H2,1-3H3;3H2,1-2H3/t10-,11+;9?,10-;/m01./s1. The Kier molecular flexibility index (Phi) is 16.9. The van der Waals surface area contributed by atoms with Crippen LogP contribution in [0, 0.1) is 11.8 Å². The van der Waals surface area contributed by atoms with Crippen LogP contribution in [0.15, 0.2) is 0 Å². The highest BCUT2D eigenvalue weighted by atomic mass is 32.1. The van der Waals surface area contributed by atoms with Gasteiger partial charge in [-0.2, -0.15) is 0 Å². The van der Waals surface area contributed by atoms with Crippen LogP contribution in [0.5, 0.6) is 0 Å². The summed E-state index contributed by atoms with van der Waals surface area (Å²) in [5.41, 5.74) is 0. The molecule has 2 saturated heterocycles. The molecule has 0 amide bonds. The summed E-state index contributed by atoms with van der Waals surface area (Å²) < 4.78 is 10.5. The molecule has 0 bridgehead atoms. The number of methoxy groups -OCH3 is 1. The van der Waals surface area contributed by atoms with Crippen LogP contribution in [-0.4, -0.2) is 67.4 Å². The van der Waals surface area contributed by atoms with Crippen LogP contribution < -0.4 is 0 Å². The number of hydrogen-bond acceptors (Lipinski definition) is 5. The maximum absolute atomic E-state index is 5.40. The van der Waals surface area contributed by atoms with Crippen molar-refractivity contribution in [1.29, 1.82) is 0 Å². The van der Waals surface area contributed by atoms with Gasteiger partial charge in [-0.15, -0.1) is 0 Å². The van der Waals surface area contributed by atoms with Crippen molar-refractivity contribution in [2.45, 2.75) is 112 Å². The highest BCUT2D eigenvalue weighted by Crippen LogP contribution is 2.23. The normalized spacial score (nSPS) is 24.8. The van der Waals surface area contributed by atoms with E-state index >= 15 is 0 Å². The number of rotatable bonds is 8. The molecule has 0 aromatic heterocycles. The molecule has 4 atom stereocenters. The van der Waals surface area contributed by atoms with Crippen molar-refractivity contribution in [2.24, 2.45) is 11.8 Å². The average molecular weight is 433 g/mol. The molecule has 2 heterocycles. The molecule has 2 aliphatic heterocycles. The van der Waals surface area contributed by atoms with E-state index in [2.05, 4.69) is 78.1 Å². The zero-order chi connectivity index (χ0) is 22.4. The monoisotopic (exact) mass is 432 g/mol. The zero-order valence-electron chi connectivity index (χ0n) is 21.0. The summed E-state index contributed by atoms with van der Waals surface area (Å²) in [6.45, 7) is 22.5. The van der Waals surface area contributed by atoms with Gasteiger partial charge in [0.2, 0.25) is 0 Å². The molecule has 0 spiro atoms. The molecule has 29 heavy (non-hydrogen) atoms. The van der Waals surface area contributed by atoms with E-state index in [1.807, 2.05) is 7.11 Å². The predicted octanol–water partition coefficient (Wildman–Crippen LogP) is 5.91. The summed E-state index contributed by atoms with van der Waals surface area (Å²) in [6, 6.07) is 1.24. The van der Waals surface area contributed by atoms with Crippen molar-refractivity contribution < 1.29 is 8.92 Å². The first-order valence-corrected chi connectivity index (χ1v) is 12.4. The van der Waals surface area contributed by atoms with E-state index in [0.717, 1.165) is 11.8 Å². The average Bonchev–Trinajstić information content (AvgIpc) is 3.30. The van der Waals surface area contributed by atoms with E-state index in [0.29, 0.717) is 18.2 Å². The van der Waals surface area contributed by atoms with Crippen LogP contribution in [0.4, 0.5) is 0 Å². The largest absolute Gasteiger partial charge is 0.380 e. The van der Waals surface area contributed by atoms with Crippen molar-refractivity contribution in [3.63, 3.8) is 0 Å². The van der Waals surface area contributed by atoms with Crippen molar-refractivity contribution >= 4 is 12.9 Å². The van der Waals surface area contributed by atoms with E-state index in [9.17, 15) is 0 Å². The van der Waals surface area contributed by atoms with Gasteiger partial charge in [-0.1, -0.05) is 48.0 Å². The minimum Gasteiger partial charge on any atom is -0.380 e. The lowest BCUT2D eigenvalue weighted by molar-refractivity contribution is 0.0400. The summed E-state index contributed by atoms with van der Waals surface area (Å²) >= 11 is 3.90. The molecular weight excluding hydrogens is 380 g/mol. The maximum Gasteiger partial charge on any atom is 0.0845 e. The smallest absolute Gasteiger partial charge is 0.0845 e. The van der Waals surface area contributed by atoms with Gasteiger partial charge in [-0.3, -0.25) is 9.80 Å². The fraction of sp³-hybridized carbons (Fsp3) is 1.00. The molecular formula is C24H52N2O2S. The Hall–Kier alpha value is 0.190. The van der Waals surface area contributed by atoms with E-state index in [-0.39, 0.29) is 6.10 Å². The summed E-state index contributed by atoms with van der Waals surface area (Å²) in [4.78, 5) is 5.12. The molecule has 2 aliphatic rings. The maximum atomic E-state index is 5.40. The molecule has 2 fully saturated rings. The van der Waals surface area contributed by atoms with Crippen LogP contribution in [0.25, 0.3) is 0 Å². The summed E-state index contributed by atoms with van der Waals surface area (Å²) in [5, 5.41) is 0. The Morgan fingerprint density at radius 3 is 1.48 bits per heavy atom. The highest BCUT2D eigenvalue weighted by Gasteiger charge is 2.30. The number of likely N-dealkylation sites (tertiary alicyclic amines) is 2. The van der Waals surface area contributed by atoms with Gasteiger partial charge in [0, 0.05) is 32.3 Å². The van der Waals surface area contributed by atoms with Gasteiger partial charge in [0.15, 0.2) is 0 Å². The van der Waals surface area contributed by atoms with Gasteiger partial charge >= 0.3 is 0 Å². The minimum absolute atomic E-state index is 0.254. The van der Waals surface area contributed by atoms with Crippen molar-refractivity contribution in [3.05, 3.63) is 0 Å². The zero-order valence-corrected chi connectivity index (χ0v) is 21.9. The highest BCUT2D eigenvalue weighted by molar-refractivity contribution is 7.75. The van der Waals surface area contributed by atoms with Crippen LogP contribution in [0.1, 0.15) is 87.5 Å². The molecule has 0 aromatic rings. The molecule has 0 aromatic carbocycles. The second kappa shape index (κ2) is 16.8. The van der Waals surface area contributed by atoms with Gasteiger partial charge in [-0.25, -0.2) is 0 Å². The Morgan fingerprint density at radius 2 is 1.17 bits per heavy atom. The van der Waals surface area contributed by atoms with Gasteiger partial charge in [0.25, 0.3) is 0 Å². The Labute approximate surface area is 188 Å².